The number of hydrogen-bond donors (Lipinski definition) is 2. The summed E-state index contributed by atoms with van der Waals surface area (Å²) in [6.45, 7) is 4.02. The van der Waals surface area contributed by atoms with Crippen LogP contribution < -0.4 is 15.4 Å². The first-order valence-electron chi connectivity index (χ1n) is 11.1. The molecule has 1 aliphatic heterocycles. The third-order valence-corrected chi connectivity index (χ3v) is 7.15. The molecule has 1 aliphatic rings. The van der Waals surface area contributed by atoms with E-state index in [1.165, 1.54) is 4.88 Å². The van der Waals surface area contributed by atoms with Gasteiger partial charge < -0.3 is 15.4 Å². The predicted octanol–water partition coefficient (Wildman–Crippen LogP) is 5.53. The van der Waals surface area contributed by atoms with E-state index < -0.39 is 12.2 Å². The number of urea groups is 1. The van der Waals surface area contributed by atoms with E-state index in [1.807, 2.05) is 41.8 Å². The second-order valence-corrected chi connectivity index (χ2v) is 9.50. The van der Waals surface area contributed by atoms with Crippen LogP contribution in [0, 0.1) is 6.92 Å². The summed E-state index contributed by atoms with van der Waals surface area (Å²) >= 11 is 7.82. The lowest BCUT2D eigenvalue weighted by Gasteiger charge is -2.15. The van der Waals surface area contributed by atoms with Crippen molar-refractivity contribution in [2.45, 2.75) is 26.4 Å². The molecule has 0 spiro atoms. The van der Waals surface area contributed by atoms with Crippen LogP contribution in [0.4, 0.5) is 10.5 Å². The summed E-state index contributed by atoms with van der Waals surface area (Å²) in [5, 5.41) is 16.1. The second kappa shape index (κ2) is 9.52. The van der Waals surface area contributed by atoms with Gasteiger partial charge in [0, 0.05) is 32.8 Å². The molecule has 0 radical (unpaired) electrons. The van der Waals surface area contributed by atoms with E-state index >= 15 is 0 Å². The van der Waals surface area contributed by atoms with Gasteiger partial charge >= 0.3 is 6.03 Å². The maximum Gasteiger partial charge on any atom is 0.321 e. The van der Waals surface area contributed by atoms with Crippen molar-refractivity contribution in [3.05, 3.63) is 87.3 Å². The van der Waals surface area contributed by atoms with Crippen LogP contribution in [-0.4, -0.2) is 33.6 Å². The van der Waals surface area contributed by atoms with Crippen molar-refractivity contribution in [3.63, 3.8) is 0 Å². The molecule has 1 atom stereocenters. The van der Waals surface area contributed by atoms with E-state index in [9.17, 15) is 4.79 Å². The molecule has 0 aliphatic carbocycles. The van der Waals surface area contributed by atoms with Gasteiger partial charge in [-0.1, -0.05) is 36.7 Å². The smallest absolute Gasteiger partial charge is 0.321 e. The lowest BCUT2D eigenvalue weighted by Crippen LogP contribution is -2.33. The number of rotatable bonds is 5. The second-order valence-electron chi connectivity index (χ2n) is 7.94. The molecule has 2 aromatic carbocycles. The number of amides is 2. The van der Waals surface area contributed by atoms with Crippen LogP contribution in [0.1, 0.15) is 40.7 Å². The normalized spacial score (nSPS) is 14.4. The number of halogens is 1. The number of benzene rings is 2. The fourth-order valence-electron chi connectivity index (χ4n) is 3.93. The highest BCUT2D eigenvalue weighted by molar-refractivity contribution is 7.15. The van der Waals surface area contributed by atoms with Gasteiger partial charge in [-0.15, -0.1) is 21.5 Å². The van der Waals surface area contributed by atoms with Crippen molar-refractivity contribution in [1.82, 2.24) is 20.1 Å². The Balaban J connectivity index is 1.57. The molecule has 3 heterocycles. The third kappa shape index (κ3) is 4.52. The average molecular weight is 507 g/mol. The Hall–Kier alpha value is -3.69. The minimum Gasteiger partial charge on any atom is -0.497 e. The van der Waals surface area contributed by atoms with Gasteiger partial charge in [-0.2, -0.15) is 0 Å². The van der Waals surface area contributed by atoms with E-state index in [4.69, 9.17) is 21.3 Å². The number of nitrogens with zero attached hydrogens (tertiary/aromatic N) is 4. The largest absolute Gasteiger partial charge is 0.497 e. The highest BCUT2D eigenvalue weighted by Crippen LogP contribution is 2.36. The number of methoxy groups -OCH3 is 1. The third-order valence-electron chi connectivity index (χ3n) is 5.64. The average Bonchev–Trinajstić information content (AvgIpc) is 3.42. The molecule has 0 saturated heterocycles. The predicted molar refractivity (Wildman–Crippen MR) is 138 cm³/mol. The molecule has 0 fully saturated rings. The van der Waals surface area contributed by atoms with E-state index in [2.05, 4.69) is 33.8 Å². The zero-order valence-electron chi connectivity index (χ0n) is 19.4. The summed E-state index contributed by atoms with van der Waals surface area (Å²) in [6.07, 6.45) is 0.129. The number of nitrogens with one attached hydrogen (secondary N) is 2. The first-order chi connectivity index (χ1) is 17.0. The lowest BCUT2D eigenvalue weighted by atomic mass is 10.0. The number of fused-ring (bicyclic) bond motifs is 3. The Morgan fingerprint density at radius 3 is 2.71 bits per heavy atom. The van der Waals surface area contributed by atoms with Gasteiger partial charge in [-0.25, -0.2) is 4.79 Å². The van der Waals surface area contributed by atoms with E-state index in [0.29, 0.717) is 22.3 Å². The fraction of sp³-hybridized carbons (Fsp3) is 0.200. The molecule has 2 aromatic heterocycles. The minimum absolute atomic E-state index is 0.422. The van der Waals surface area contributed by atoms with Gasteiger partial charge in [0.05, 0.1) is 12.8 Å². The van der Waals surface area contributed by atoms with E-state index in [1.54, 1.807) is 36.6 Å². The quantitative estimate of drug-likeness (QED) is 0.372. The van der Waals surface area contributed by atoms with Crippen molar-refractivity contribution in [3.8, 4) is 10.8 Å². The summed E-state index contributed by atoms with van der Waals surface area (Å²) < 4.78 is 7.22. The number of anilines is 1. The van der Waals surface area contributed by atoms with Gasteiger partial charge in [0.25, 0.3) is 0 Å². The Kier molecular flexibility index (Phi) is 6.27. The Labute approximate surface area is 211 Å². The van der Waals surface area contributed by atoms with Gasteiger partial charge in [-0.3, -0.25) is 9.56 Å². The molecular formula is C25H23ClN6O2S. The molecule has 178 valence electrons. The first-order valence-corrected chi connectivity index (χ1v) is 12.3. The van der Waals surface area contributed by atoms with Crippen LogP contribution in [0.5, 0.6) is 5.75 Å². The topological polar surface area (TPSA) is 93.4 Å². The van der Waals surface area contributed by atoms with Gasteiger partial charge in [0.15, 0.2) is 12.0 Å². The maximum absolute atomic E-state index is 13.0. The molecule has 35 heavy (non-hydrogen) atoms. The number of ether oxygens (including phenoxy) is 1. The van der Waals surface area contributed by atoms with Crippen LogP contribution in [0.25, 0.3) is 5.00 Å². The first kappa shape index (κ1) is 23.1. The number of thiophene rings is 1. The van der Waals surface area contributed by atoms with Crippen LogP contribution in [0.15, 0.2) is 59.6 Å². The number of aryl methyl sites for hydroxylation is 2. The number of carbonyl (C=O) groups is 1. The van der Waals surface area contributed by atoms with Gasteiger partial charge in [0.2, 0.25) is 0 Å². The van der Waals surface area contributed by atoms with Crippen LogP contribution in [0.2, 0.25) is 5.02 Å². The van der Waals surface area contributed by atoms with Crippen molar-refractivity contribution in [2.75, 3.05) is 12.4 Å². The maximum atomic E-state index is 13.0. The van der Waals surface area contributed by atoms with Crippen molar-refractivity contribution >= 4 is 40.4 Å². The summed E-state index contributed by atoms with van der Waals surface area (Å²) in [5.74, 6) is 1.91. The summed E-state index contributed by atoms with van der Waals surface area (Å²) in [5.41, 5.74) is 3.22. The molecule has 10 heteroatoms. The Morgan fingerprint density at radius 1 is 1.17 bits per heavy atom. The molecule has 1 unspecified atom stereocenters. The molecule has 2 N–H and O–H groups in total. The van der Waals surface area contributed by atoms with Crippen molar-refractivity contribution in [1.29, 1.82) is 0 Å². The highest BCUT2D eigenvalue weighted by atomic mass is 35.5. The fourth-order valence-corrected chi connectivity index (χ4v) is 5.21. The Bertz CT molecular complexity index is 1430. The molecule has 8 nitrogen and oxygen atoms in total. The SMILES string of the molecule is CCc1cc2c(s1)-n1c(C)nnc1C(NC(=O)Nc1cccc(OC)c1)N=C2c1ccc(Cl)cc1. The zero-order chi connectivity index (χ0) is 24.5. The zero-order valence-corrected chi connectivity index (χ0v) is 20.9. The van der Waals surface area contributed by atoms with Crippen LogP contribution >= 0.6 is 22.9 Å². The molecule has 5 rings (SSSR count). The van der Waals surface area contributed by atoms with E-state index in [0.717, 1.165) is 34.1 Å². The van der Waals surface area contributed by atoms with Crippen LogP contribution in [0.3, 0.4) is 0 Å². The standard InChI is InChI=1S/C25H23ClN6O2S/c1-4-19-13-20-21(15-8-10-16(26)11-9-15)28-22(23-31-30-14(2)32(23)24(20)35-19)29-25(33)27-17-6-5-7-18(12-17)34-3/h5-13,22H,4H2,1-3H3,(H2,27,29,33). The minimum atomic E-state index is -0.767. The number of hydrogen-bond acceptors (Lipinski definition) is 6. The number of aromatic nitrogens is 3. The van der Waals surface area contributed by atoms with Gasteiger partial charge in [0.1, 0.15) is 16.6 Å². The number of carbonyl (C=O) groups excluding carboxylic acids is 1. The van der Waals surface area contributed by atoms with Crippen molar-refractivity contribution in [2.24, 2.45) is 4.99 Å². The van der Waals surface area contributed by atoms with E-state index in [-0.39, 0.29) is 0 Å². The molecular weight excluding hydrogens is 484 g/mol. The Morgan fingerprint density at radius 2 is 1.97 bits per heavy atom. The lowest BCUT2D eigenvalue weighted by molar-refractivity contribution is 0.248. The van der Waals surface area contributed by atoms with Crippen LogP contribution in [-0.2, 0) is 6.42 Å². The molecule has 0 bridgehead atoms. The summed E-state index contributed by atoms with van der Waals surface area (Å²) in [6, 6.07) is 16.4. The summed E-state index contributed by atoms with van der Waals surface area (Å²) in [4.78, 5) is 19.2. The monoisotopic (exact) mass is 506 g/mol. The number of aliphatic imine (C=N–C) groups is 1. The highest BCUT2D eigenvalue weighted by Gasteiger charge is 2.30. The molecule has 4 aromatic rings. The molecule has 2 amide bonds. The van der Waals surface area contributed by atoms with Gasteiger partial charge in [-0.05, 0) is 43.7 Å². The summed E-state index contributed by atoms with van der Waals surface area (Å²) in [7, 11) is 1.58. The molecule has 0 saturated carbocycles. The van der Waals surface area contributed by atoms with Crippen molar-refractivity contribution < 1.29 is 9.53 Å².